The number of phenols is 1. The van der Waals surface area contributed by atoms with Crippen molar-refractivity contribution >= 4 is 0 Å². The van der Waals surface area contributed by atoms with E-state index in [1.165, 1.54) is 38.0 Å². The van der Waals surface area contributed by atoms with E-state index in [-0.39, 0.29) is 5.41 Å². The summed E-state index contributed by atoms with van der Waals surface area (Å²) in [6.07, 6.45) is 2.46. The van der Waals surface area contributed by atoms with Crippen molar-refractivity contribution in [3.63, 3.8) is 0 Å². The van der Waals surface area contributed by atoms with Crippen molar-refractivity contribution in [2.24, 2.45) is 11.8 Å². The zero-order valence-corrected chi connectivity index (χ0v) is 13.4. The molecule has 0 bridgehead atoms. The molecule has 1 aromatic carbocycles. The molecule has 0 aromatic heterocycles. The quantitative estimate of drug-likeness (QED) is 0.896. The average molecular weight is 275 g/mol. The first-order chi connectivity index (χ1) is 9.41. The Morgan fingerprint density at radius 1 is 1.40 bits per heavy atom. The Labute approximate surface area is 123 Å². The maximum atomic E-state index is 9.73. The van der Waals surface area contributed by atoms with E-state index in [0.717, 1.165) is 5.92 Å². The Hall–Kier alpha value is -1.02. The lowest BCUT2D eigenvalue weighted by atomic mass is 9.68. The Kier molecular flexibility index (Phi) is 4.74. The van der Waals surface area contributed by atoms with Crippen LogP contribution in [0.3, 0.4) is 0 Å². The van der Waals surface area contributed by atoms with Gasteiger partial charge >= 0.3 is 0 Å². The molecule has 2 atom stereocenters. The van der Waals surface area contributed by atoms with E-state index in [1.807, 2.05) is 12.1 Å². The van der Waals surface area contributed by atoms with E-state index < -0.39 is 0 Å². The molecule has 1 heterocycles. The maximum Gasteiger partial charge on any atom is 0.115 e. The smallest absolute Gasteiger partial charge is 0.115 e. The van der Waals surface area contributed by atoms with Gasteiger partial charge in [0.2, 0.25) is 0 Å². The van der Waals surface area contributed by atoms with Gasteiger partial charge in [0.05, 0.1) is 0 Å². The van der Waals surface area contributed by atoms with E-state index in [4.69, 9.17) is 0 Å². The molecular weight excluding hydrogens is 246 g/mol. The number of piperidine rings is 1. The first-order valence-corrected chi connectivity index (χ1v) is 7.93. The summed E-state index contributed by atoms with van der Waals surface area (Å²) in [5, 5.41) is 9.73. The van der Waals surface area contributed by atoms with Gasteiger partial charge in [0.1, 0.15) is 5.75 Å². The summed E-state index contributed by atoms with van der Waals surface area (Å²) in [4.78, 5) is 2.61. The molecule has 112 valence electrons. The van der Waals surface area contributed by atoms with Crippen molar-refractivity contribution in [2.75, 3.05) is 19.6 Å². The average Bonchev–Trinajstić information content (AvgIpc) is 2.40. The molecule has 1 aliphatic rings. The Morgan fingerprint density at radius 3 is 2.75 bits per heavy atom. The Bertz CT molecular complexity index is 443. The minimum atomic E-state index is 0.188. The van der Waals surface area contributed by atoms with Crippen LogP contribution in [0.15, 0.2) is 24.3 Å². The molecule has 2 heteroatoms. The second-order valence-corrected chi connectivity index (χ2v) is 7.10. The van der Waals surface area contributed by atoms with Crippen molar-refractivity contribution in [3.05, 3.63) is 29.8 Å². The number of rotatable bonds is 4. The van der Waals surface area contributed by atoms with Gasteiger partial charge in [-0.2, -0.15) is 0 Å². The normalized spacial score (nSPS) is 27.9. The summed E-state index contributed by atoms with van der Waals surface area (Å²) in [7, 11) is 0. The van der Waals surface area contributed by atoms with Gasteiger partial charge in [0.15, 0.2) is 0 Å². The fraction of sp³-hybridized carbons (Fsp3) is 0.667. The predicted octanol–water partition coefficient (Wildman–Crippen LogP) is 4.04. The summed E-state index contributed by atoms with van der Waals surface area (Å²) in [5.74, 6) is 1.79. The number of benzene rings is 1. The highest BCUT2D eigenvalue weighted by atomic mass is 16.3. The van der Waals surface area contributed by atoms with Crippen molar-refractivity contribution in [1.82, 2.24) is 4.90 Å². The first-order valence-electron chi connectivity index (χ1n) is 7.93. The van der Waals surface area contributed by atoms with Gasteiger partial charge in [-0.25, -0.2) is 0 Å². The molecule has 2 nitrogen and oxygen atoms in total. The molecule has 0 amide bonds. The van der Waals surface area contributed by atoms with Gasteiger partial charge in [-0.05, 0) is 60.9 Å². The van der Waals surface area contributed by atoms with Crippen LogP contribution in [0.4, 0.5) is 0 Å². The van der Waals surface area contributed by atoms with Gasteiger partial charge in [-0.15, -0.1) is 0 Å². The van der Waals surface area contributed by atoms with Gasteiger partial charge in [-0.1, -0.05) is 39.8 Å². The highest BCUT2D eigenvalue weighted by molar-refractivity contribution is 5.33. The third kappa shape index (κ3) is 3.35. The highest BCUT2D eigenvalue weighted by Crippen LogP contribution is 2.40. The maximum absolute atomic E-state index is 9.73. The molecule has 1 aliphatic heterocycles. The van der Waals surface area contributed by atoms with Crippen LogP contribution in [0.2, 0.25) is 0 Å². The predicted molar refractivity (Wildman–Crippen MR) is 85.1 cm³/mol. The molecule has 1 fully saturated rings. The fourth-order valence-electron chi connectivity index (χ4n) is 3.25. The molecular formula is C18H29NO. The zero-order chi connectivity index (χ0) is 14.8. The topological polar surface area (TPSA) is 23.5 Å². The third-order valence-electron chi connectivity index (χ3n) is 5.10. The van der Waals surface area contributed by atoms with E-state index in [2.05, 4.69) is 38.7 Å². The number of likely N-dealkylation sites (tertiary alicyclic amines) is 1. The van der Waals surface area contributed by atoms with E-state index in [9.17, 15) is 5.11 Å². The number of aromatic hydroxyl groups is 1. The molecule has 0 unspecified atom stereocenters. The van der Waals surface area contributed by atoms with E-state index in [1.54, 1.807) is 6.07 Å². The Morgan fingerprint density at radius 2 is 2.15 bits per heavy atom. The van der Waals surface area contributed by atoms with Crippen LogP contribution >= 0.6 is 0 Å². The number of nitrogens with zero attached hydrogens (tertiary/aromatic N) is 1. The standard InChI is InChI=1S/C18H29NO/c1-14(2)8-10-19-11-9-18(4,15(3)13-19)16-6-5-7-17(20)12-16/h5-7,12,14-15,20H,8-11,13H2,1-4H3/t15-,18+/m0/s1. The van der Waals surface area contributed by atoms with E-state index >= 15 is 0 Å². The highest BCUT2D eigenvalue weighted by Gasteiger charge is 2.37. The van der Waals surface area contributed by atoms with Gasteiger partial charge in [0.25, 0.3) is 0 Å². The van der Waals surface area contributed by atoms with Crippen molar-refractivity contribution in [3.8, 4) is 5.75 Å². The molecule has 20 heavy (non-hydrogen) atoms. The van der Waals surface area contributed by atoms with E-state index in [0.29, 0.717) is 11.7 Å². The molecule has 2 rings (SSSR count). The van der Waals surface area contributed by atoms with Gasteiger partial charge in [0, 0.05) is 6.54 Å². The van der Waals surface area contributed by atoms with Crippen molar-refractivity contribution in [1.29, 1.82) is 0 Å². The van der Waals surface area contributed by atoms with Crippen LogP contribution in [-0.4, -0.2) is 29.6 Å². The zero-order valence-electron chi connectivity index (χ0n) is 13.4. The second kappa shape index (κ2) is 6.17. The Balaban J connectivity index is 2.05. The number of hydrogen-bond acceptors (Lipinski definition) is 2. The summed E-state index contributed by atoms with van der Waals surface area (Å²) >= 11 is 0. The minimum absolute atomic E-state index is 0.188. The van der Waals surface area contributed by atoms with Crippen LogP contribution < -0.4 is 0 Å². The van der Waals surface area contributed by atoms with Crippen LogP contribution in [0.5, 0.6) is 5.75 Å². The molecule has 1 saturated heterocycles. The largest absolute Gasteiger partial charge is 0.508 e. The lowest BCUT2D eigenvalue weighted by Crippen LogP contribution is -2.47. The SMILES string of the molecule is CC(C)CCN1CC[C@@](C)(c2cccc(O)c2)[C@@H](C)C1. The fourth-order valence-corrected chi connectivity index (χ4v) is 3.25. The molecule has 0 saturated carbocycles. The van der Waals surface area contributed by atoms with Crippen LogP contribution in [0, 0.1) is 11.8 Å². The third-order valence-corrected chi connectivity index (χ3v) is 5.10. The monoisotopic (exact) mass is 275 g/mol. The van der Waals surface area contributed by atoms with Crippen LogP contribution in [-0.2, 0) is 5.41 Å². The van der Waals surface area contributed by atoms with Gasteiger partial charge < -0.3 is 10.0 Å². The van der Waals surface area contributed by atoms with Crippen LogP contribution in [0.1, 0.15) is 46.1 Å². The van der Waals surface area contributed by atoms with Crippen molar-refractivity contribution < 1.29 is 5.11 Å². The minimum Gasteiger partial charge on any atom is -0.508 e. The summed E-state index contributed by atoms with van der Waals surface area (Å²) in [6, 6.07) is 7.84. The molecule has 1 aromatic rings. The lowest BCUT2D eigenvalue weighted by molar-refractivity contribution is 0.107. The van der Waals surface area contributed by atoms with Crippen molar-refractivity contribution in [2.45, 2.75) is 46.0 Å². The summed E-state index contributed by atoms with van der Waals surface area (Å²) < 4.78 is 0. The molecule has 0 radical (unpaired) electrons. The summed E-state index contributed by atoms with van der Waals surface area (Å²) in [6.45, 7) is 12.9. The van der Waals surface area contributed by atoms with Gasteiger partial charge in [-0.3, -0.25) is 0 Å². The molecule has 0 aliphatic carbocycles. The second-order valence-electron chi connectivity index (χ2n) is 7.10. The molecule has 0 spiro atoms. The number of hydrogen-bond donors (Lipinski definition) is 1. The van der Waals surface area contributed by atoms with Crippen LogP contribution in [0.25, 0.3) is 0 Å². The number of phenolic OH excluding ortho intramolecular Hbond substituents is 1. The molecule has 1 N–H and O–H groups in total. The first kappa shape index (κ1) is 15.4. The summed E-state index contributed by atoms with van der Waals surface area (Å²) in [5.41, 5.74) is 1.47. The lowest BCUT2D eigenvalue weighted by Gasteiger charge is -2.45.